The van der Waals surface area contributed by atoms with E-state index in [9.17, 15) is 23.1 Å². The van der Waals surface area contributed by atoms with Crippen molar-refractivity contribution in [2.75, 3.05) is 6.54 Å². The van der Waals surface area contributed by atoms with E-state index in [2.05, 4.69) is 5.32 Å². The summed E-state index contributed by atoms with van der Waals surface area (Å²) >= 11 is 11.9. The first-order valence-electron chi connectivity index (χ1n) is 9.45. The fourth-order valence-electron chi connectivity index (χ4n) is 3.37. The number of halogens is 2. The molecule has 0 saturated carbocycles. The van der Waals surface area contributed by atoms with Crippen LogP contribution in [0.4, 0.5) is 4.79 Å². The van der Waals surface area contributed by atoms with Crippen LogP contribution in [0.25, 0.3) is 0 Å². The number of sulfonamides is 1. The van der Waals surface area contributed by atoms with Crippen LogP contribution in [-0.4, -0.2) is 53.6 Å². The van der Waals surface area contributed by atoms with Crippen molar-refractivity contribution in [1.29, 1.82) is 0 Å². The second-order valence-corrected chi connectivity index (χ2v) is 9.84. The zero-order valence-electron chi connectivity index (χ0n) is 16.5. The molecule has 3 rings (SSSR count). The summed E-state index contributed by atoms with van der Waals surface area (Å²) in [5.41, 5.74) is 0.725. The van der Waals surface area contributed by atoms with E-state index in [-0.39, 0.29) is 27.9 Å². The Morgan fingerprint density at radius 1 is 1.16 bits per heavy atom. The molecule has 1 saturated heterocycles. The summed E-state index contributed by atoms with van der Waals surface area (Å²) < 4.78 is 27.4. The number of hydrogen-bond donors (Lipinski definition) is 2. The number of carbonyl (C=O) groups excluding carboxylic acids is 1. The van der Waals surface area contributed by atoms with Gasteiger partial charge in [-0.2, -0.15) is 0 Å². The molecular formula is C20H21Cl2N3O5S. The van der Waals surface area contributed by atoms with Crippen LogP contribution in [0.1, 0.15) is 18.9 Å². The van der Waals surface area contributed by atoms with Gasteiger partial charge in [0.15, 0.2) is 0 Å². The fraction of sp³-hybridized carbons (Fsp3) is 0.300. The molecule has 2 N–H and O–H groups in total. The highest BCUT2D eigenvalue weighted by Gasteiger charge is 2.42. The average molecular weight is 486 g/mol. The SMILES string of the molecule is CC1CCN(C(=O)N[C@@H](Cc2ccccc2)C(=O)O)N1S(=O)(=O)c1cc(Cl)cc(Cl)c1. The first kappa shape index (κ1) is 23.3. The van der Waals surface area contributed by atoms with Gasteiger partial charge in [0.05, 0.1) is 4.90 Å². The minimum absolute atomic E-state index is 0.0575. The van der Waals surface area contributed by atoms with Crippen LogP contribution in [0.2, 0.25) is 10.0 Å². The van der Waals surface area contributed by atoms with Crippen molar-refractivity contribution >= 4 is 45.2 Å². The summed E-state index contributed by atoms with van der Waals surface area (Å²) in [6.07, 6.45) is 0.444. The van der Waals surface area contributed by atoms with Gasteiger partial charge in [0.2, 0.25) is 0 Å². The standard InChI is InChI=1S/C20H21Cl2N3O5S/c1-13-7-8-24(25(13)31(29,30)17-11-15(21)10-16(22)12-17)20(28)23-18(19(26)27)9-14-5-3-2-4-6-14/h2-6,10-13,18H,7-9H2,1H3,(H,23,28)(H,26,27)/t13?,18-/m0/s1. The van der Waals surface area contributed by atoms with Crippen molar-refractivity contribution in [3.05, 3.63) is 64.1 Å². The third-order valence-corrected chi connectivity index (χ3v) is 7.18. The Morgan fingerprint density at radius 2 is 1.77 bits per heavy atom. The molecule has 0 aliphatic carbocycles. The number of hydrogen-bond acceptors (Lipinski definition) is 4. The average Bonchev–Trinajstić information content (AvgIpc) is 3.10. The highest BCUT2D eigenvalue weighted by molar-refractivity contribution is 7.89. The molecule has 2 atom stereocenters. The van der Waals surface area contributed by atoms with E-state index in [1.807, 2.05) is 0 Å². The lowest BCUT2D eigenvalue weighted by Crippen LogP contribution is -2.54. The lowest BCUT2D eigenvalue weighted by molar-refractivity contribution is -0.139. The van der Waals surface area contributed by atoms with Crippen molar-refractivity contribution in [3.63, 3.8) is 0 Å². The zero-order valence-corrected chi connectivity index (χ0v) is 18.9. The fourth-order valence-corrected chi connectivity index (χ4v) is 5.79. The molecule has 0 aromatic heterocycles. The van der Waals surface area contributed by atoms with Crippen LogP contribution >= 0.6 is 23.2 Å². The highest BCUT2D eigenvalue weighted by Crippen LogP contribution is 2.30. The van der Waals surface area contributed by atoms with Crippen molar-refractivity contribution in [2.24, 2.45) is 0 Å². The van der Waals surface area contributed by atoms with Crippen LogP contribution in [0.5, 0.6) is 0 Å². The van der Waals surface area contributed by atoms with E-state index in [0.29, 0.717) is 6.42 Å². The number of aliphatic carboxylic acids is 1. The largest absolute Gasteiger partial charge is 0.480 e. The minimum Gasteiger partial charge on any atom is -0.480 e. The maximum atomic E-state index is 13.2. The van der Waals surface area contributed by atoms with Gasteiger partial charge in [-0.3, -0.25) is 0 Å². The molecule has 31 heavy (non-hydrogen) atoms. The van der Waals surface area contributed by atoms with Crippen LogP contribution < -0.4 is 5.32 Å². The Kier molecular flexibility index (Phi) is 7.10. The number of carboxylic acid groups (broad SMARTS) is 1. The summed E-state index contributed by atoms with van der Waals surface area (Å²) in [5.74, 6) is -1.22. The molecule has 11 heteroatoms. The number of nitrogens with one attached hydrogen (secondary N) is 1. The monoisotopic (exact) mass is 485 g/mol. The Balaban J connectivity index is 1.84. The van der Waals surface area contributed by atoms with Crippen molar-refractivity contribution < 1.29 is 23.1 Å². The number of rotatable bonds is 6. The number of hydrazine groups is 1. The number of carboxylic acids is 1. The summed E-state index contributed by atoms with van der Waals surface area (Å²) in [6.45, 7) is 1.77. The van der Waals surface area contributed by atoms with Crippen molar-refractivity contribution in [2.45, 2.75) is 36.7 Å². The van der Waals surface area contributed by atoms with Gasteiger partial charge in [0.1, 0.15) is 6.04 Å². The number of carbonyl (C=O) groups is 2. The van der Waals surface area contributed by atoms with Gasteiger partial charge < -0.3 is 10.4 Å². The minimum atomic E-state index is -4.16. The van der Waals surface area contributed by atoms with Gasteiger partial charge in [-0.1, -0.05) is 53.5 Å². The molecule has 1 unspecified atom stereocenters. The third kappa shape index (κ3) is 5.30. The van der Waals surface area contributed by atoms with E-state index in [4.69, 9.17) is 23.2 Å². The second kappa shape index (κ2) is 9.44. The molecule has 1 aliphatic heterocycles. The molecule has 1 fully saturated rings. The molecule has 166 valence electrons. The molecule has 0 radical (unpaired) electrons. The third-order valence-electron chi connectivity index (χ3n) is 4.87. The maximum absolute atomic E-state index is 13.2. The topological polar surface area (TPSA) is 107 Å². The number of nitrogens with zero attached hydrogens (tertiary/aromatic N) is 2. The molecule has 2 amide bonds. The molecule has 1 aliphatic rings. The van der Waals surface area contributed by atoms with E-state index >= 15 is 0 Å². The molecule has 2 aromatic rings. The molecule has 1 heterocycles. The highest BCUT2D eigenvalue weighted by atomic mass is 35.5. The van der Waals surface area contributed by atoms with E-state index < -0.39 is 34.1 Å². The molecule has 8 nitrogen and oxygen atoms in total. The van der Waals surface area contributed by atoms with E-state index in [1.54, 1.807) is 37.3 Å². The summed E-state index contributed by atoms with van der Waals surface area (Å²) in [7, 11) is -4.16. The molecule has 0 bridgehead atoms. The van der Waals surface area contributed by atoms with Crippen LogP contribution in [0, 0.1) is 0 Å². The van der Waals surface area contributed by atoms with Gasteiger partial charge >= 0.3 is 12.0 Å². The van der Waals surface area contributed by atoms with E-state index in [1.165, 1.54) is 18.2 Å². The molecule has 2 aromatic carbocycles. The summed E-state index contributed by atoms with van der Waals surface area (Å²) in [5, 5.41) is 13.3. The first-order valence-corrected chi connectivity index (χ1v) is 11.6. The number of urea groups is 1. The quantitative estimate of drug-likeness (QED) is 0.651. The zero-order chi connectivity index (χ0) is 22.8. The second-order valence-electron chi connectivity index (χ2n) is 7.17. The number of amides is 2. The Hall–Kier alpha value is -2.33. The smallest absolute Gasteiger partial charge is 0.333 e. The van der Waals surface area contributed by atoms with Crippen LogP contribution in [0.3, 0.4) is 0 Å². The molecular weight excluding hydrogens is 465 g/mol. The lowest BCUT2D eigenvalue weighted by atomic mass is 10.1. The predicted molar refractivity (Wildman–Crippen MR) is 116 cm³/mol. The van der Waals surface area contributed by atoms with Gasteiger partial charge in [-0.15, -0.1) is 4.41 Å². The lowest BCUT2D eigenvalue weighted by Gasteiger charge is -2.31. The van der Waals surface area contributed by atoms with Gasteiger partial charge in [0, 0.05) is 29.1 Å². The molecule has 0 spiro atoms. The van der Waals surface area contributed by atoms with Crippen molar-refractivity contribution in [3.8, 4) is 0 Å². The van der Waals surface area contributed by atoms with Crippen LogP contribution in [0.15, 0.2) is 53.4 Å². The Morgan fingerprint density at radius 3 is 2.35 bits per heavy atom. The normalized spacial score (nSPS) is 18.0. The van der Waals surface area contributed by atoms with E-state index in [0.717, 1.165) is 15.0 Å². The van der Waals surface area contributed by atoms with Gasteiger partial charge in [-0.05, 0) is 37.1 Å². The summed E-state index contributed by atoms with van der Waals surface area (Å²) in [4.78, 5) is 24.5. The Labute approximate surface area is 190 Å². The number of benzene rings is 2. The first-order chi connectivity index (χ1) is 14.6. The van der Waals surface area contributed by atoms with Crippen molar-refractivity contribution in [1.82, 2.24) is 14.7 Å². The maximum Gasteiger partial charge on any atom is 0.333 e. The van der Waals surface area contributed by atoms with Gasteiger partial charge in [0.25, 0.3) is 10.0 Å². The predicted octanol–water partition coefficient (Wildman–Crippen LogP) is 3.40. The summed E-state index contributed by atoms with van der Waals surface area (Å²) in [6, 6.07) is 10.2. The Bertz CT molecular complexity index is 1060. The van der Waals surface area contributed by atoms with Crippen LogP contribution in [-0.2, 0) is 21.2 Å². The van der Waals surface area contributed by atoms with Gasteiger partial charge in [-0.25, -0.2) is 23.0 Å².